The van der Waals surface area contributed by atoms with Gasteiger partial charge in [0, 0.05) is 31.5 Å². The molecule has 0 amide bonds. The molecule has 0 bridgehead atoms. The Kier molecular flexibility index (Phi) is 6.65. The van der Waals surface area contributed by atoms with Crippen LogP contribution in [0.5, 0.6) is 0 Å². The van der Waals surface area contributed by atoms with Gasteiger partial charge in [0.2, 0.25) is 0 Å². The molecule has 0 aliphatic heterocycles. The van der Waals surface area contributed by atoms with Gasteiger partial charge in [-0.3, -0.25) is 0 Å². The summed E-state index contributed by atoms with van der Waals surface area (Å²) in [6.45, 7) is 5.65. The van der Waals surface area contributed by atoms with Crippen molar-refractivity contribution in [3.8, 4) is 0 Å². The molecule has 1 rings (SSSR count). The Labute approximate surface area is 108 Å². The zero-order chi connectivity index (χ0) is 12.7. The number of ether oxygens (including phenoxy) is 1. The molecule has 0 fully saturated rings. The van der Waals surface area contributed by atoms with Crippen LogP contribution in [0, 0.1) is 0 Å². The van der Waals surface area contributed by atoms with E-state index >= 15 is 0 Å². The Morgan fingerprint density at radius 3 is 2.76 bits per heavy atom. The number of methoxy groups -OCH3 is 1. The molecule has 0 atom stereocenters. The fourth-order valence-corrected chi connectivity index (χ4v) is 2.52. The molecule has 0 aromatic carbocycles. The number of nitrogens with zero attached hydrogens (tertiary/aromatic N) is 2. The normalized spacial score (nSPS) is 11.4. The maximum Gasteiger partial charge on any atom is 0.0945 e. The van der Waals surface area contributed by atoms with Gasteiger partial charge in [0.1, 0.15) is 0 Å². The molecular weight excluding hydrogens is 234 g/mol. The zero-order valence-electron chi connectivity index (χ0n) is 11.2. The summed E-state index contributed by atoms with van der Waals surface area (Å²) in [5, 5.41) is 4.55. The molecular formula is C12H23N3OS. The summed E-state index contributed by atoms with van der Waals surface area (Å²) in [6, 6.07) is 0. The van der Waals surface area contributed by atoms with Crippen LogP contribution in [0.25, 0.3) is 0 Å². The fourth-order valence-electron chi connectivity index (χ4n) is 1.49. The first-order valence-corrected chi connectivity index (χ1v) is 6.80. The second kappa shape index (κ2) is 7.76. The molecule has 0 aliphatic carbocycles. The third kappa shape index (κ3) is 5.12. The highest BCUT2D eigenvalue weighted by molar-refractivity contribution is 7.11. The lowest BCUT2D eigenvalue weighted by atomic mass is 10.3. The van der Waals surface area contributed by atoms with Crippen molar-refractivity contribution in [2.45, 2.75) is 26.5 Å². The van der Waals surface area contributed by atoms with Crippen molar-refractivity contribution in [2.75, 3.05) is 34.3 Å². The van der Waals surface area contributed by atoms with Gasteiger partial charge in [0.05, 0.1) is 17.3 Å². The molecule has 1 aromatic rings. The first kappa shape index (κ1) is 14.6. The first-order chi connectivity index (χ1) is 8.17. The van der Waals surface area contributed by atoms with Gasteiger partial charge in [-0.1, -0.05) is 6.92 Å². The molecule has 0 spiro atoms. The van der Waals surface area contributed by atoms with Crippen LogP contribution in [-0.2, 0) is 24.3 Å². The molecule has 0 saturated carbocycles. The maximum atomic E-state index is 5.19. The zero-order valence-corrected chi connectivity index (χ0v) is 12.1. The average molecular weight is 257 g/mol. The monoisotopic (exact) mass is 257 g/mol. The number of thiazole rings is 1. The Morgan fingerprint density at radius 2 is 2.18 bits per heavy atom. The summed E-state index contributed by atoms with van der Waals surface area (Å²) in [6.07, 6.45) is 1.01. The van der Waals surface area contributed by atoms with Crippen molar-refractivity contribution >= 4 is 11.3 Å². The van der Waals surface area contributed by atoms with E-state index in [2.05, 4.69) is 36.2 Å². The van der Waals surface area contributed by atoms with Gasteiger partial charge in [-0.05, 0) is 20.6 Å². The Balaban J connectivity index is 2.65. The van der Waals surface area contributed by atoms with Crippen LogP contribution in [0.4, 0.5) is 0 Å². The molecule has 0 unspecified atom stereocenters. The van der Waals surface area contributed by atoms with E-state index in [-0.39, 0.29) is 0 Å². The van der Waals surface area contributed by atoms with Gasteiger partial charge >= 0.3 is 0 Å². The van der Waals surface area contributed by atoms with Gasteiger partial charge in [0.25, 0.3) is 0 Å². The van der Waals surface area contributed by atoms with Crippen molar-refractivity contribution in [3.05, 3.63) is 15.6 Å². The predicted molar refractivity (Wildman–Crippen MR) is 72.5 cm³/mol. The van der Waals surface area contributed by atoms with Crippen molar-refractivity contribution in [1.82, 2.24) is 15.2 Å². The Bertz CT molecular complexity index is 326. The summed E-state index contributed by atoms with van der Waals surface area (Å²) in [5.74, 6) is 0. The van der Waals surface area contributed by atoms with Gasteiger partial charge in [-0.15, -0.1) is 11.3 Å². The van der Waals surface area contributed by atoms with Crippen molar-refractivity contribution in [2.24, 2.45) is 0 Å². The highest BCUT2D eigenvalue weighted by atomic mass is 32.1. The van der Waals surface area contributed by atoms with Gasteiger partial charge in [-0.25, -0.2) is 4.98 Å². The molecule has 1 N–H and O–H groups in total. The molecule has 5 heteroatoms. The second-order valence-electron chi connectivity index (χ2n) is 4.24. The van der Waals surface area contributed by atoms with E-state index in [1.54, 1.807) is 18.4 Å². The molecule has 1 heterocycles. The van der Waals surface area contributed by atoms with E-state index in [4.69, 9.17) is 4.74 Å². The summed E-state index contributed by atoms with van der Waals surface area (Å²) in [5.41, 5.74) is 1.09. The average Bonchev–Trinajstić information content (AvgIpc) is 2.67. The van der Waals surface area contributed by atoms with Gasteiger partial charge in [0.15, 0.2) is 0 Å². The van der Waals surface area contributed by atoms with E-state index in [1.807, 2.05) is 0 Å². The van der Waals surface area contributed by atoms with Crippen molar-refractivity contribution in [3.63, 3.8) is 0 Å². The SMILES string of the molecule is CCNCc1sc(CCN(C)C)nc1COC. The Hall–Kier alpha value is -0.490. The molecule has 0 aliphatic rings. The van der Waals surface area contributed by atoms with Crippen LogP contribution in [0.3, 0.4) is 0 Å². The highest BCUT2D eigenvalue weighted by Crippen LogP contribution is 2.20. The number of likely N-dealkylation sites (N-methyl/N-ethyl adjacent to an activating group) is 1. The largest absolute Gasteiger partial charge is 0.378 e. The lowest BCUT2D eigenvalue weighted by Gasteiger charge is -2.06. The first-order valence-electron chi connectivity index (χ1n) is 5.99. The molecule has 0 radical (unpaired) electrons. The molecule has 4 nitrogen and oxygen atoms in total. The number of aromatic nitrogens is 1. The summed E-state index contributed by atoms with van der Waals surface area (Å²) >= 11 is 1.80. The minimum absolute atomic E-state index is 0.610. The van der Waals surface area contributed by atoms with Gasteiger partial charge in [-0.2, -0.15) is 0 Å². The number of nitrogens with one attached hydrogen (secondary N) is 1. The van der Waals surface area contributed by atoms with Crippen molar-refractivity contribution in [1.29, 1.82) is 0 Å². The van der Waals surface area contributed by atoms with Crippen molar-refractivity contribution < 1.29 is 4.74 Å². The van der Waals surface area contributed by atoms with E-state index in [9.17, 15) is 0 Å². The number of rotatable bonds is 8. The fraction of sp³-hybridized carbons (Fsp3) is 0.750. The standard InChI is InChI=1S/C12H23N3OS/c1-5-13-8-11-10(9-16-4)14-12(17-11)6-7-15(2)3/h13H,5-9H2,1-4H3. The van der Waals surface area contributed by atoms with Crippen LogP contribution < -0.4 is 5.32 Å². The van der Waals surface area contributed by atoms with Crippen LogP contribution >= 0.6 is 11.3 Å². The van der Waals surface area contributed by atoms with E-state index in [0.29, 0.717) is 6.61 Å². The number of hydrogen-bond donors (Lipinski definition) is 1. The lowest BCUT2D eigenvalue weighted by molar-refractivity contribution is 0.181. The predicted octanol–water partition coefficient (Wildman–Crippen LogP) is 1.50. The quantitative estimate of drug-likeness (QED) is 0.766. The van der Waals surface area contributed by atoms with Crippen LogP contribution in [0.1, 0.15) is 22.5 Å². The minimum atomic E-state index is 0.610. The maximum absolute atomic E-state index is 5.19. The molecule has 17 heavy (non-hydrogen) atoms. The van der Waals surface area contributed by atoms with Crippen LogP contribution in [0.2, 0.25) is 0 Å². The third-order valence-electron chi connectivity index (χ3n) is 2.41. The summed E-state index contributed by atoms with van der Waals surface area (Å²) in [4.78, 5) is 8.14. The van der Waals surface area contributed by atoms with E-state index in [0.717, 1.165) is 31.7 Å². The van der Waals surface area contributed by atoms with E-state index < -0.39 is 0 Å². The van der Waals surface area contributed by atoms with Crippen LogP contribution in [0.15, 0.2) is 0 Å². The second-order valence-corrected chi connectivity index (χ2v) is 5.41. The summed E-state index contributed by atoms with van der Waals surface area (Å²) < 4.78 is 5.19. The molecule has 0 saturated heterocycles. The number of hydrogen-bond acceptors (Lipinski definition) is 5. The highest BCUT2D eigenvalue weighted by Gasteiger charge is 2.10. The van der Waals surface area contributed by atoms with Gasteiger partial charge < -0.3 is 15.0 Å². The lowest BCUT2D eigenvalue weighted by Crippen LogP contribution is -2.14. The minimum Gasteiger partial charge on any atom is -0.378 e. The third-order valence-corrected chi connectivity index (χ3v) is 3.57. The smallest absolute Gasteiger partial charge is 0.0945 e. The summed E-state index contributed by atoms with van der Waals surface area (Å²) in [7, 11) is 5.89. The Morgan fingerprint density at radius 1 is 1.41 bits per heavy atom. The molecule has 98 valence electrons. The van der Waals surface area contributed by atoms with Crippen LogP contribution in [-0.4, -0.2) is 44.2 Å². The molecule has 1 aromatic heterocycles. The van der Waals surface area contributed by atoms with E-state index in [1.165, 1.54) is 9.88 Å². The topological polar surface area (TPSA) is 37.4 Å².